The highest BCUT2D eigenvalue weighted by Crippen LogP contribution is 2.61. The fraction of sp³-hybridized carbons (Fsp3) is 1.00. The molecule has 0 atom stereocenters. The van der Waals surface area contributed by atoms with E-state index in [1.807, 2.05) is 0 Å². The van der Waals surface area contributed by atoms with Crippen LogP contribution in [-0.2, 0) is 0 Å². The lowest BCUT2D eigenvalue weighted by Crippen LogP contribution is -2.33. The normalized spacial score (nSPS) is 25.4. The summed E-state index contributed by atoms with van der Waals surface area (Å²) in [4.78, 5) is 0. The average molecular weight is 270 g/mol. The van der Waals surface area contributed by atoms with Crippen LogP contribution in [0.3, 0.4) is 0 Å². The maximum atomic E-state index is 2.67. The van der Waals surface area contributed by atoms with Crippen LogP contribution in [0.5, 0.6) is 0 Å². The van der Waals surface area contributed by atoms with Gasteiger partial charge in [-0.15, -0.1) is 7.47 Å². The molecule has 0 spiro atoms. The van der Waals surface area contributed by atoms with Gasteiger partial charge in [-0.05, 0) is 37.0 Å². The molecule has 2 aliphatic rings. The van der Waals surface area contributed by atoms with Gasteiger partial charge < -0.3 is 0 Å². The molecule has 0 aromatic rings. The van der Waals surface area contributed by atoms with Crippen LogP contribution in [-0.4, -0.2) is 19.1 Å². The smallest absolute Gasteiger partial charge is 0.0726 e. The van der Waals surface area contributed by atoms with Crippen molar-refractivity contribution in [1.29, 1.82) is 0 Å². The molecule has 2 heteroatoms. The molecule has 0 unspecified atom stereocenters. The van der Waals surface area contributed by atoms with Gasteiger partial charge in [0.2, 0.25) is 0 Å². The van der Waals surface area contributed by atoms with Crippen molar-refractivity contribution in [2.24, 2.45) is 0 Å². The molecule has 0 aliphatic heterocycles. The van der Waals surface area contributed by atoms with E-state index in [1.165, 1.54) is 24.2 Å². The van der Waals surface area contributed by atoms with Gasteiger partial charge in [0, 0.05) is 0 Å². The van der Waals surface area contributed by atoms with Crippen LogP contribution in [0.4, 0.5) is 0 Å². The summed E-state index contributed by atoms with van der Waals surface area (Å²) in [5.74, 6) is 0. The van der Waals surface area contributed by atoms with Crippen molar-refractivity contribution >= 4 is 15.2 Å². The van der Waals surface area contributed by atoms with Crippen molar-refractivity contribution in [3.05, 3.63) is 0 Å². The van der Waals surface area contributed by atoms with E-state index in [0.29, 0.717) is 7.47 Å². The minimum Gasteiger partial charge on any atom is -0.112 e. The fourth-order valence-corrected chi connectivity index (χ4v) is 16.9. The molecule has 0 heterocycles. The lowest BCUT2D eigenvalue weighted by molar-refractivity contribution is 0.487. The van der Waals surface area contributed by atoms with Crippen LogP contribution in [0, 0.1) is 0 Å². The molecule has 0 saturated heterocycles. The zero-order valence-electron chi connectivity index (χ0n) is 12.2. The highest BCUT2D eigenvalue weighted by molar-refractivity contribution is 7.95. The fourth-order valence-electron chi connectivity index (χ4n) is 4.11. The van der Waals surface area contributed by atoms with Crippen LogP contribution >= 0.6 is 7.47 Å². The molecule has 0 aromatic heterocycles. The Bertz CT molecular complexity index is 204. The number of rotatable bonds is 3. The number of hydrogen-bond acceptors (Lipinski definition) is 0. The molecule has 0 N–H and O–H groups in total. The van der Waals surface area contributed by atoms with Crippen molar-refractivity contribution in [2.45, 2.75) is 95.2 Å². The van der Waals surface area contributed by atoms with Crippen molar-refractivity contribution in [2.75, 3.05) is 0 Å². The van der Waals surface area contributed by atoms with Crippen molar-refractivity contribution < 1.29 is 0 Å². The third-order valence-corrected chi connectivity index (χ3v) is 15.7. The SMILES string of the molecule is C[Si](C)(C)P(C1CCCCC1)C1CCCCC1. The van der Waals surface area contributed by atoms with E-state index in [9.17, 15) is 0 Å². The van der Waals surface area contributed by atoms with Crippen LogP contribution in [0.2, 0.25) is 19.6 Å². The quantitative estimate of drug-likeness (QED) is 0.438. The van der Waals surface area contributed by atoms with Gasteiger partial charge >= 0.3 is 0 Å². The molecular formula is C15H31PSi. The number of hydrogen-bond donors (Lipinski definition) is 0. The van der Waals surface area contributed by atoms with Crippen LogP contribution < -0.4 is 0 Å². The first-order chi connectivity index (χ1) is 8.09. The zero-order chi connectivity index (χ0) is 12.3. The van der Waals surface area contributed by atoms with Gasteiger partial charge in [-0.1, -0.05) is 58.2 Å². The maximum absolute atomic E-state index is 2.67. The highest BCUT2D eigenvalue weighted by atomic mass is 31.4. The molecule has 100 valence electrons. The summed E-state index contributed by atoms with van der Waals surface area (Å²) in [6.07, 6.45) is 15.6. The lowest BCUT2D eigenvalue weighted by Gasteiger charge is -2.45. The first-order valence-corrected chi connectivity index (χ1v) is 13.7. The second kappa shape index (κ2) is 6.20. The Balaban J connectivity index is 2.06. The van der Waals surface area contributed by atoms with E-state index < -0.39 is 7.74 Å². The molecular weight excluding hydrogens is 239 g/mol. The minimum atomic E-state index is -0.897. The first-order valence-electron chi connectivity index (χ1n) is 7.87. The van der Waals surface area contributed by atoms with Crippen LogP contribution in [0.25, 0.3) is 0 Å². The third-order valence-electron chi connectivity index (χ3n) is 4.71. The Morgan fingerprint density at radius 3 is 1.29 bits per heavy atom. The van der Waals surface area contributed by atoms with Crippen molar-refractivity contribution in [3.63, 3.8) is 0 Å². The van der Waals surface area contributed by atoms with Gasteiger partial charge in [0.25, 0.3) is 0 Å². The Kier molecular flexibility index (Phi) is 5.13. The summed E-state index contributed by atoms with van der Waals surface area (Å²) in [6, 6.07) is 0. The summed E-state index contributed by atoms with van der Waals surface area (Å²) < 4.78 is 0. The van der Waals surface area contributed by atoms with Gasteiger partial charge in [0.1, 0.15) is 0 Å². The van der Waals surface area contributed by atoms with E-state index in [2.05, 4.69) is 19.6 Å². The maximum Gasteiger partial charge on any atom is 0.0726 e. The van der Waals surface area contributed by atoms with Crippen molar-refractivity contribution in [1.82, 2.24) is 0 Å². The topological polar surface area (TPSA) is 0 Å². The Morgan fingerprint density at radius 1 is 0.647 bits per heavy atom. The van der Waals surface area contributed by atoms with E-state index in [-0.39, 0.29) is 0 Å². The predicted molar refractivity (Wildman–Crippen MR) is 84.0 cm³/mol. The van der Waals surface area contributed by atoms with Crippen LogP contribution in [0.1, 0.15) is 64.2 Å². The Morgan fingerprint density at radius 2 is 1.00 bits per heavy atom. The zero-order valence-corrected chi connectivity index (χ0v) is 14.1. The van der Waals surface area contributed by atoms with Crippen molar-refractivity contribution in [3.8, 4) is 0 Å². The van der Waals surface area contributed by atoms with E-state index in [4.69, 9.17) is 0 Å². The summed E-state index contributed by atoms with van der Waals surface area (Å²) in [7, 11) is -0.496. The molecule has 0 radical (unpaired) electrons. The molecule has 0 aromatic carbocycles. The molecule has 17 heavy (non-hydrogen) atoms. The summed E-state index contributed by atoms with van der Waals surface area (Å²) >= 11 is 0. The van der Waals surface area contributed by atoms with Gasteiger partial charge in [0.15, 0.2) is 0 Å². The summed E-state index contributed by atoms with van der Waals surface area (Å²) in [5.41, 5.74) is 2.35. The molecule has 0 nitrogen and oxygen atoms in total. The minimum absolute atomic E-state index is 0.401. The second-order valence-corrected chi connectivity index (χ2v) is 19.4. The Hall–Kier alpha value is 0.647. The first kappa shape index (κ1) is 14.1. The largest absolute Gasteiger partial charge is 0.112 e. The van der Waals surface area contributed by atoms with Gasteiger partial charge in [-0.3, -0.25) is 0 Å². The van der Waals surface area contributed by atoms with Gasteiger partial charge in [-0.25, -0.2) is 0 Å². The lowest BCUT2D eigenvalue weighted by atomic mass is 10.00. The highest BCUT2D eigenvalue weighted by Gasteiger charge is 2.38. The molecule has 2 rings (SSSR count). The monoisotopic (exact) mass is 270 g/mol. The predicted octanol–water partition coefficient (Wildman–Crippen LogP) is 5.97. The van der Waals surface area contributed by atoms with E-state index in [1.54, 1.807) is 51.4 Å². The second-order valence-electron chi connectivity index (χ2n) is 7.16. The van der Waals surface area contributed by atoms with Crippen LogP contribution in [0.15, 0.2) is 0 Å². The molecule has 2 fully saturated rings. The Labute approximate surface area is 111 Å². The molecule has 0 amide bonds. The van der Waals surface area contributed by atoms with Gasteiger partial charge in [0.05, 0.1) is 7.74 Å². The average Bonchev–Trinajstić information content (AvgIpc) is 2.30. The molecule has 2 saturated carbocycles. The summed E-state index contributed by atoms with van der Waals surface area (Å²) in [5, 5.41) is 0. The van der Waals surface area contributed by atoms with Gasteiger partial charge in [-0.2, -0.15) is 0 Å². The standard InChI is InChI=1S/C15H31PSi/c1-17(2,3)16(14-10-6-4-7-11-14)15-12-8-5-9-13-15/h14-15H,4-13H2,1-3H3. The van der Waals surface area contributed by atoms with E-state index in [0.717, 1.165) is 0 Å². The molecule has 2 aliphatic carbocycles. The summed E-state index contributed by atoms with van der Waals surface area (Å²) in [6.45, 7) is 8.01. The third kappa shape index (κ3) is 3.80. The van der Waals surface area contributed by atoms with E-state index >= 15 is 0 Å². The molecule has 0 bridgehead atoms.